The number of ether oxygens (including phenoxy) is 1. The molecule has 0 saturated heterocycles. The van der Waals surface area contributed by atoms with E-state index in [0.29, 0.717) is 18.2 Å². The minimum absolute atomic E-state index is 0.471. The average molecular weight is 285 g/mol. The third-order valence-corrected chi connectivity index (χ3v) is 3.68. The lowest BCUT2D eigenvalue weighted by atomic mass is 10.2. The fourth-order valence-corrected chi connectivity index (χ4v) is 2.40. The molecule has 0 amide bonds. The van der Waals surface area contributed by atoms with Gasteiger partial charge in [-0.25, -0.2) is 4.68 Å². The van der Waals surface area contributed by atoms with Crippen LogP contribution in [0, 0.1) is 6.92 Å². The van der Waals surface area contributed by atoms with E-state index in [9.17, 15) is 4.79 Å². The number of nitrogens with zero attached hydrogens (tertiary/aromatic N) is 3. The van der Waals surface area contributed by atoms with Gasteiger partial charge in [0.25, 0.3) is 0 Å². The molecule has 0 spiro atoms. The molecule has 1 saturated carbocycles. The molecule has 1 aromatic heterocycles. The van der Waals surface area contributed by atoms with Gasteiger partial charge in [0.2, 0.25) is 0 Å². The number of hydrogen-bond donors (Lipinski definition) is 0. The maximum atomic E-state index is 11.0. The highest BCUT2D eigenvalue weighted by Gasteiger charge is 2.30. The summed E-state index contributed by atoms with van der Waals surface area (Å²) in [5, 5.41) is 8.03. The van der Waals surface area contributed by atoms with E-state index in [1.54, 1.807) is 0 Å². The quantitative estimate of drug-likeness (QED) is 0.580. The Labute approximate surface area is 123 Å². The molecule has 1 aliphatic rings. The van der Waals surface area contributed by atoms with E-state index in [0.717, 1.165) is 43.5 Å². The van der Waals surface area contributed by atoms with Crippen LogP contribution in [0.1, 0.15) is 46.9 Å². The monoisotopic (exact) mass is 285 g/mol. The van der Waals surface area contributed by atoms with Gasteiger partial charge in [-0.3, -0.25) is 4.79 Å². The molecule has 21 heavy (non-hydrogen) atoms. The highest BCUT2D eigenvalue weighted by atomic mass is 16.5. The van der Waals surface area contributed by atoms with Crippen molar-refractivity contribution in [3.05, 3.63) is 41.2 Å². The van der Waals surface area contributed by atoms with Gasteiger partial charge in [0, 0.05) is 18.9 Å². The number of carbonyl (C=O) groups excluding carboxylic acids is 1. The summed E-state index contributed by atoms with van der Waals surface area (Å²) in [4.78, 5) is 11.0. The molecule has 1 fully saturated rings. The summed E-state index contributed by atoms with van der Waals surface area (Å²) in [6, 6.07) is 8.03. The first-order chi connectivity index (χ1) is 10.3. The number of benzene rings is 1. The predicted molar refractivity (Wildman–Crippen MR) is 78.7 cm³/mol. The van der Waals surface area contributed by atoms with E-state index in [4.69, 9.17) is 4.74 Å². The molecule has 5 heteroatoms. The minimum Gasteiger partial charge on any atom is -0.494 e. The van der Waals surface area contributed by atoms with E-state index >= 15 is 0 Å². The van der Waals surface area contributed by atoms with Crippen molar-refractivity contribution in [1.29, 1.82) is 0 Å². The SMILES string of the molecule is Cc1ccc(OCCCn2nnc(C=O)c2C2CC2)cc1. The lowest BCUT2D eigenvalue weighted by molar-refractivity contribution is 0.111. The van der Waals surface area contributed by atoms with Crippen molar-refractivity contribution in [2.45, 2.75) is 38.6 Å². The molecule has 0 atom stereocenters. The summed E-state index contributed by atoms with van der Waals surface area (Å²) in [7, 11) is 0. The molecule has 1 heterocycles. The largest absolute Gasteiger partial charge is 0.494 e. The maximum absolute atomic E-state index is 11.0. The Morgan fingerprint density at radius 2 is 2.10 bits per heavy atom. The van der Waals surface area contributed by atoms with Crippen LogP contribution in [-0.4, -0.2) is 27.9 Å². The molecule has 0 N–H and O–H groups in total. The molecule has 1 aliphatic carbocycles. The van der Waals surface area contributed by atoms with Crippen molar-refractivity contribution in [2.75, 3.05) is 6.61 Å². The van der Waals surface area contributed by atoms with Crippen LogP contribution in [0.5, 0.6) is 5.75 Å². The zero-order valence-electron chi connectivity index (χ0n) is 12.2. The highest BCUT2D eigenvalue weighted by molar-refractivity contribution is 5.73. The summed E-state index contributed by atoms with van der Waals surface area (Å²) in [5.74, 6) is 1.36. The third-order valence-electron chi connectivity index (χ3n) is 3.68. The normalized spacial score (nSPS) is 14.1. The molecular weight excluding hydrogens is 266 g/mol. The first-order valence-electron chi connectivity index (χ1n) is 7.36. The fraction of sp³-hybridized carbons (Fsp3) is 0.438. The number of aryl methyl sites for hydroxylation is 2. The molecule has 0 bridgehead atoms. The van der Waals surface area contributed by atoms with Gasteiger partial charge >= 0.3 is 0 Å². The first kappa shape index (κ1) is 13.8. The van der Waals surface area contributed by atoms with E-state index < -0.39 is 0 Å². The van der Waals surface area contributed by atoms with Gasteiger partial charge in [-0.15, -0.1) is 5.10 Å². The van der Waals surface area contributed by atoms with Crippen LogP contribution in [0.2, 0.25) is 0 Å². The Hall–Kier alpha value is -2.17. The summed E-state index contributed by atoms with van der Waals surface area (Å²) in [5.41, 5.74) is 2.72. The molecule has 110 valence electrons. The van der Waals surface area contributed by atoms with E-state index in [1.807, 2.05) is 28.9 Å². The van der Waals surface area contributed by atoms with Gasteiger partial charge in [0.05, 0.1) is 12.3 Å². The van der Waals surface area contributed by atoms with Crippen molar-refractivity contribution in [3.8, 4) is 5.75 Å². The number of hydrogen-bond acceptors (Lipinski definition) is 4. The number of aromatic nitrogens is 3. The van der Waals surface area contributed by atoms with Crippen molar-refractivity contribution < 1.29 is 9.53 Å². The maximum Gasteiger partial charge on any atom is 0.172 e. The van der Waals surface area contributed by atoms with Gasteiger partial charge in [0.1, 0.15) is 11.4 Å². The predicted octanol–water partition coefficient (Wildman–Crippen LogP) is 2.75. The van der Waals surface area contributed by atoms with Crippen LogP contribution in [-0.2, 0) is 6.54 Å². The topological polar surface area (TPSA) is 57.0 Å². The minimum atomic E-state index is 0.471. The van der Waals surface area contributed by atoms with E-state index in [-0.39, 0.29) is 0 Å². The molecule has 2 aromatic rings. The van der Waals surface area contributed by atoms with Crippen LogP contribution in [0.4, 0.5) is 0 Å². The van der Waals surface area contributed by atoms with Crippen molar-refractivity contribution in [3.63, 3.8) is 0 Å². The lowest BCUT2D eigenvalue weighted by Gasteiger charge is -2.08. The molecule has 5 nitrogen and oxygen atoms in total. The molecular formula is C16H19N3O2. The van der Waals surface area contributed by atoms with Gasteiger partial charge < -0.3 is 4.74 Å². The molecule has 0 unspecified atom stereocenters. The second-order valence-electron chi connectivity index (χ2n) is 5.49. The average Bonchev–Trinajstić information content (AvgIpc) is 3.26. The Kier molecular flexibility index (Phi) is 3.99. The zero-order valence-corrected chi connectivity index (χ0v) is 12.2. The second kappa shape index (κ2) is 6.08. The third kappa shape index (κ3) is 3.29. The van der Waals surface area contributed by atoms with Gasteiger partial charge in [-0.1, -0.05) is 22.9 Å². The first-order valence-corrected chi connectivity index (χ1v) is 7.36. The molecule has 3 rings (SSSR count). The Morgan fingerprint density at radius 3 is 2.76 bits per heavy atom. The number of rotatable bonds is 7. The molecule has 0 aliphatic heterocycles. The number of aldehydes is 1. The Morgan fingerprint density at radius 1 is 1.33 bits per heavy atom. The van der Waals surface area contributed by atoms with Gasteiger partial charge in [-0.05, 0) is 31.9 Å². The van der Waals surface area contributed by atoms with E-state index in [1.165, 1.54) is 5.56 Å². The van der Waals surface area contributed by atoms with Crippen molar-refractivity contribution >= 4 is 6.29 Å². The summed E-state index contributed by atoms with van der Waals surface area (Å²) >= 11 is 0. The van der Waals surface area contributed by atoms with Crippen LogP contribution in [0.25, 0.3) is 0 Å². The zero-order chi connectivity index (χ0) is 14.7. The lowest BCUT2D eigenvalue weighted by Crippen LogP contribution is -2.09. The van der Waals surface area contributed by atoms with Crippen LogP contribution >= 0.6 is 0 Å². The second-order valence-corrected chi connectivity index (χ2v) is 5.49. The Bertz CT molecular complexity index is 615. The van der Waals surface area contributed by atoms with Crippen LogP contribution in [0.3, 0.4) is 0 Å². The van der Waals surface area contributed by atoms with Gasteiger partial charge in [0.15, 0.2) is 6.29 Å². The summed E-state index contributed by atoms with van der Waals surface area (Å²) < 4.78 is 7.56. The Balaban J connectivity index is 1.52. The van der Waals surface area contributed by atoms with Crippen molar-refractivity contribution in [2.24, 2.45) is 0 Å². The van der Waals surface area contributed by atoms with Crippen LogP contribution < -0.4 is 4.74 Å². The van der Waals surface area contributed by atoms with Crippen LogP contribution in [0.15, 0.2) is 24.3 Å². The fourth-order valence-electron chi connectivity index (χ4n) is 2.40. The van der Waals surface area contributed by atoms with E-state index in [2.05, 4.69) is 17.2 Å². The summed E-state index contributed by atoms with van der Waals surface area (Å²) in [6.45, 7) is 3.42. The highest BCUT2D eigenvalue weighted by Crippen LogP contribution is 2.40. The number of carbonyl (C=O) groups is 1. The van der Waals surface area contributed by atoms with Gasteiger partial charge in [-0.2, -0.15) is 0 Å². The standard InChI is InChI=1S/C16H19N3O2/c1-12-3-7-14(8-4-12)21-10-2-9-19-16(13-5-6-13)15(11-20)17-18-19/h3-4,7-8,11,13H,2,5-6,9-10H2,1H3. The van der Waals surface area contributed by atoms with Crippen molar-refractivity contribution in [1.82, 2.24) is 15.0 Å². The molecule has 0 radical (unpaired) electrons. The molecule has 1 aromatic carbocycles. The summed E-state index contributed by atoms with van der Waals surface area (Å²) in [6.07, 6.45) is 3.91. The smallest absolute Gasteiger partial charge is 0.172 e.